The van der Waals surface area contributed by atoms with Gasteiger partial charge in [-0.05, 0) is 48.4 Å². The third kappa shape index (κ3) is 2.30. The average Bonchev–Trinajstić information content (AvgIpc) is 2.75. The number of likely N-dealkylation sites (N-methyl/N-ethyl adjacent to an activating group) is 1. The van der Waals surface area contributed by atoms with Gasteiger partial charge in [-0.2, -0.15) is 0 Å². The quantitative estimate of drug-likeness (QED) is 0.925. The maximum absolute atomic E-state index is 11.0. The van der Waals surface area contributed by atoms with Crippen LogP contribution in [-0.2, 0) is 6.54 Å². The third-order valence-corrected chi connectivity index (χ3v) is 3.59. The van der Waals surface area contributed by atoms with Crippen molar-refractivity contribution in [1.29, 1.82) is 0 Å². The molecule has 1 fully saturated rings. The molecule has 4 nitrogen and oxygen atoms in total. The number of carboxylic acid groups (broad SMARTS) is 1. The molecule has 1 unspecified atom stereocenters. The lowest BCUT2D eigenvalue weighted by Crippen LogP contribution is -2.30. The Bertz CT molecular complexity index is 403. The van der Waals surface area contributed by atoms with Crippen LogP contribution in [0.1, 0.15) is 23.3 Å². The first-order valence-corrected chi connectivity index (χ1v) is 6.16. The van der Waals surface area contributed by atoms with Crippen molar-refractivity contribution >= 4 is 21.9 Å². The summed E-state index contributed by atoms with van der Waals surface area (Å²) < 4.78 is 2.64. The molecular formula is C11H15BrN2O2. The fourth-order valence-electron chi connectivity index (χ4n) is 2.24. The Morgan fingerprint density at radius 2 is 2.44 bits per heavy atom. The molecule has 0 amide bonds. The van der Waals surface area contributed by atoms with Crippen molar-refractivity contribution in [3.63, 3.8) is 0 Å². The Balaban J connectivity index is 2.17. The number of likely N-dealkylation sites (tertiary alicyclic amines) is 1. The van der Waals surface area contributed by atoms with Gasteiger partial charge in [-0.3, -0.25) is 0 Å². The molecule has 0 radical (unpaired) electrons. The average molecular weight is 287 g/mol. The number of carbonyl (C=O) groups is 1. The molecule has 1 aromatic heterocycles. The van der Waals surface area contributed by atoms with Gasteiger partial charge in [0.15, 0.2) is 0 Å². The van der Waals surface area contributed by atoms with Gasteiger partial charge in [0.25, 0.3) is 0 Å². The van der Waals surface area contributed by atoms with Crippen LogP contribution in [0.25, 0.3) is 0 Å². The molecule has 0 saturated carbocycles. The minimum Gasteiger partial charge on any atom is -0.477 e. The van der Waals surface area contributed by atoms with E-state index in [2.05, 4.69) is 27.9 Å². The Hall–Kier alpha value is -0.810. The van der Waals surface area contributed by atoms with Gasteiger partial charge in [0, 0.05) is 23.3 Å². The standard InChI is InChI=1S/C11H15BrN2O2/c1-13-4-2-3-9(13)7-14-6-8(12)5-10(14)11(15)16/h5-6,9H,2-4,7H2,1H3,(H,15,16). The molecule has 0 aliphatic carbocycles. The molecule has 0 aromatic carbocycles. The first-order valence-electron chi connectivity index (χ1n) is 5.37. The molecule has 0 spiro atoms. The summed E-state index contributed by atoms with van der Waals surface area (Å²) in [7, 11) is 2.09. The number of aromatic carboxylic acids is 1. The lowest BCUT2D eigenvalue weighted by atomic mass is 10.2. The summed E-state index contributed by atoms with van der Waals surface area (Å²) in [6.07, 6.45) is 4.19. The second-order valence-electron chi connectivity index (χ2n) is 4.28. The summed E-state index contributed by atoms with van der Waals surface area (Å²) in [6, 6.07) is 2.11. The number of nitrogens with zero attached hydrogens (tertiary/aromatic N) is 2. The van der Waals surface area contributed by atoms with Gasteiger partial charge in [0.05, 0.1) is 0 Å². The Morgan fingerprint density at radius 1 is 1.69 bits per heavy atom. The smallest absolute Gasteiger partial charge is 0.352 e. The van der Waals surface area contributed by atoms with Crippen molar-refractivity contribution in [2.24, 2.45) is 0 Å². The second-order valence-corrected chi connectivity index (χ2v) is 5.19. The van der Waals surface area contributed by atoms with Crippen molar-refractivity contribution in [2.75, 3.05) is 13.6 Å². The number of hydrogen-bond acceptors (Lipinski definition) is 2. The predicted octanol–water partition coefficient (Wildman–Crippen LogP) is 2.04. The lowest BCUT2D eigenvalue weighted by Gasteiger charge is -2.20. The molecule has 1 saturated heterocycles. The topological polar surface area (TPSA) is 45.5 Å². The third-order valence-electron chi connectivity index (χ3n) is 3.16. The highest BCUT2D eigenvalue weighted by Gasteiger charge is 2.23. The maximum Gasteiger partial charge on any atom is 0.352 e. The van der Waals surface area contributed by atoms with E-state index in [9.17, 15) is 4.79 Å². The maximum atomic E-state index is 11.0. The van der Waals surface area contributed by atoms with Crippen LogP contribution in [0.5, 0.6) is 0 Å². The van der Waals surface area contributed by atoms with Gasteiger partial charge in [-0.15, -0.1) is 0 Å². The van der Waals surface area contributed by atoms with Crippen molar-refractivity contribution < 1.29 is 9.90 Å². The number of aromatic nitrogens is 1. The van der Waals surface area contributed by atoms with Gasteiger partial charge in [-0.1, -0.05) is 0 Å². The molecule has 2 heterocycles. The van der Waals surface area contributed by atoms with Crippen LogP contribution in [-0.4, -0.2) is 40.2 Å². The molecule has 0 bridgehead atoms. The van der Waals surface area contributed by atoms with E-state index in [1.165, 1.54) is 6.42 Å². The molecular weight excluding hydrogens is 272 g/mol. The van der Waals surface area contributed by atoms with E-state index in [1.54, 1.807) is 6.07 Å². The van der Waals surface area contributed by atoms with Gasteiger partial charge >= 0.3 is 5.97 Å². The number of rotatable bonds is 3. The Kier molecular flexibility index (Phi) is 3.35. The van der Waals surface area contributed by atoms with Gasteiger partial charge < -0.3 is 14.6 Å². The molecule has 1 N–H and O–H groups in total. The van der Waals surface area contributed by atoms with Crippen molar-refractivity contribution in [2.45, 2.75) is 25.4 Å². The van der Waals surface area contributed by atoms with E-state index in [1.807, 2.05) is 10.8 Å². The van der Waals surface area contributed by atoms with Crippen LogP contribution < -0.4 is 0 Å². The molecule has 1 aliphatic rings. The zero-order valence-corrected chi connectivity index (χ0v) is 10.8. The van der Waals surface area contributed by atoms with Crippen LogP contribution >= 0.6 is 15.9 Å². The SMILES string of the molecule is CN1CCCC1Cn1cc(Br)cc1C(=O)O. The summed E-state index contributed by atoms with van der Waals surface area (Å²) in [5.41, 5.74) is 0.354. The van der Waals surface area contributed by atoms with Crippen molar-refractivity contribution in [1.82, 2.24) is 9.47 Å². The predicted molar refractivity (Wildman–Crippen MR) is 64.7 cm³/mol. The molecule has 1 atom stereocenters. The fraction of sp³-hybridized carbons (Fsp3) is 0.545. The monoisotopic (exact) mass is 286 g/mol. The zero-order valence-electron chi connectivity index (χ0n) is 9.19. The first kappa shape index (κ1) is 11.7. The second kappa shape index (κ2) is 4.59. The van der Waals surface area contributed by atoms with Gasteiger partial charge in [0.2, 0.25) is 0 Å². The summed E-state index contributed by atoms with van der Waals surface area (Å²) in [4.78, 5) is 13.3. The molecule has 1 aromatic rings. The minimum atomic E-state index is -0.869. The Labute approximate surface area is 103 Å². The first-order chi connectivity index (χ1) is 7.58. The largest absolute Gasteiger partial charge is 0.477 e. The van der Waals surface area contributed by atoms with E-state index >= 15 is 0 Å². The van der Waals surface area contributed by atoms with E-state index in [0.29, 0.717) is 11.7 Å². The van der Waals surface area contributed by atoms with Crippen LogP contribution in [0.4, 0.5) is 0 Å². The number of halogens is 1. The summed E-state index contributed by atoms with van der Waals surface area (Å²) in [6.45, 7) is 1.86. The number of carboxylic acids is 1. The van der Waals surface area contributed by atoms with Gasteiger partial charge in [0.1, 0.15) is 5.69 Å². The highest BCUT2D eigenvalue weighted by molar-refractivity contribution is 9.10. The van der Waals surface area contributed by atoms with Crippen LogP contribution in [0.2, 0.25) is 0 Å². The highest BCUT2D eigenvalue weighted by Crippen LogP contribution is 2.20. The molecule has 88 valence electrons. The molecule has 5 heteroatoms. The minimum absolute atomic E-state index is 0.354. The highest BCUT2D eigenvalue weighted by atomic mass is 79.9. The molecule has 2 rings (SSSR count). The van der Waals surface area contributed by atoms with Crippen LogP contribution in [0.15, 0.2) is 16.7 Å². The van der Waals surface area contributed by atoms with Crippen molar-refractivity contribution in [3.8, 4) is 0 Å². The fourth-order valence-corrected chi connectivity index (χ4v) is 2.71. The summed E-state index contributed by atoms with van der Waals surface area (Å²) >= 11 is 3.32. The van der Waals surface area contributed by atoms with Crippen LogP contribution in [0, 0.1) is 0 Å². The Morgan fingerprint density at radius 3 is 3.00 bits per heavy atom. The summed E-state index contributed by atoms with van der Waals surface area (Å²) in [5, 5.41) is 9.06. The van der Waals surface area contributed by atoms with E-state index in [-0.39, 0.29) is 0 Å². The van der Waals surface area contributed by atoms with Gasteiger partial charge in [-0.25, -0.2) is 4.79 Å². The molecule has 16 heavy (non-hydrogen) atoms. The van der Waals surface area contributed by atoms with E-state index in [4.69, 9.17) is 5.11 Å². The number of hydrogen-bond donors (Lipinski definition) is 1. The lowest BCUT2D eigenvalue weighted by molar-refractivity contribution is 0.0683. The summed E-state index contributed by atoms with van der Waals surface area (Å²) in [5.74, 6) is -0.869. The molecule has 1 aliphatic heterocycles. The normalized spacial score (nSPS) is 21.5. The van der Waals surface area contributed by atoms with Crippen molar-refractivity contribution in [3.05, 3.63) is 22.4 Å². The van der Waals surface area contributed by atoms with E-state index < -0.39 is 5.97 Å². The van der Waals surface area contributed by atoms with E-state index in [0.717, 1.165) is 24.0 Å². The zero-order chi connectivity index (χ0) is 11.7. The van der Waals surface area contributed by atoms with Crippen LogP contribution in [0.3, 0.4) is 0 Å².